The molecule has 0 atom stereocenters. The molecule has 30 heavy (non-hydrogen) atoms. The van der Waals surface area contributed by atoms with E-state index >= 15 is 0 Å². The van der Waals surface area contributed by atoms with E-state index in [4.69, 9.17) is 0 Å². The first-order valence-electron chi connectivity index (χ1n) is 8.89. The molecule has 0 radical (unpaired) electrons. The Balaban J connectivity index is 1.35. The van der Waals surface area contributed by atoms with Crippen molar-refractivity contribution >= 4 is 56.5 Å². The fraction of sp³-hybridized carbons (Fsp3) is 0.0476. The Morgan fingerprint density at radius 1 is 0.933 bits per heavy atom. The number of hydrogen-bond acceptors (Lipinski definition) is 6. The van der Waals surface area contributed by atoms with Crippen molar-refractivity contribution in [1.29, 1.82) is 0 Å². The van der Waals surface area contributed by atoms with Crippen LogP contribution in [0.5, 0.6) is 0 Å². The van der Waals surface area contributed by atoms with Crippen LogP contribution in [0.4, 0.5) is 15.2 Å². The molecule has 2 amide bonds. The predicted octanol–water partition coefficient (Wildman–Crippen LogP) is 4.81. The average Bonchev–Trinajstić information content (AvgIpc) is 3.21. The van der Waals surface area contributed by atoms with Gasteiger partial charge in [-0.2, -0.15) is 0 Å². The number of amides is 2. The van der Waals surface area contributed by atoms with E-state index in [1.807, 2.05) is 36.4 Å². The van der Waals surface area contributed by atoms with Gasteiger partial charge in [0, 0.05) is 11.3 Å². The largest absolute Gasteiger partial charge is 0.325 e. The van der Waals surface area contributed by atoms with Crippen LogP contribution in [0.3, 0.4) is 0 Å². The molecule has 0 saturated carbocycles. The summed E-state index contributed by atoms with van der Waals surface area (Å²) in [5.41, 5.74) is 1.07. The van der Waals surface area contributed by atoms with Gasteiger partial charge in [-0.1, -0.05) is 59.5 Å². The third-order valence-corrected chi connectivity index (χ3v) is 6.09. The highest BCUT2D eigenvalue weighted by atomic mass is 32.2. The third kappa shape index (κ3) is 4.81. The summed E-state index contributed by atoms with van der Waals surface area (Å²) in [6.45, 7) is 0. The summed E-state index contributed by atoms with van der Waals surface area (Å²) in [6.07, 6.45) is 0. The number of benzene rings is 3. The summed E-state index contributed by atoms with van der Waals surface area (Å²) in [7, 11) is 0. The first-order valence-corrected chi connectivity index (χ1v) is 10.7. The van der Waals surface area contributed by atoms with Gasteiger partial charge in [0.1, 0.15) is 5.82 Å². The zero-order valence-electron chi connectivity index (χ0n) is 15.5. The molecule has 4 rings (SSSR count). The van der Waals surface area contributed by atoms with Crippen molar-refractivity contribution in [3.8, 4) is 0 Å². The maximum atomic E-state index is 12.9. The lowest BCUT2D eigenvalue weighted by Gasteiger charge is -2.05. The summed E-state index contributed by atoms with van der Waals surface area (Å²) in [5, 5.41) is 15.6. The maximum absolute atomic E-state index is 12.9. The number of carbonyl (C=O) groups is 2. The van der Waals surface area contributed by atoms with E-state index in [0.29, 0.717) is 20.7 Å². The highest BCUT2D eigenvalue weighted by Crippen LogP contribution is 2.27. The molecular weight excluding hydrogens is 423 g/mol. The van der Waals surface area contributed by atoms with Gasteiger partial charge in [0.2, 0.25) is 11.0 Å². The maximum Gasteiger partial charge on any atom is 0.258 e. The second-order valence-electron chi connectivity index (χ2n) is 6.20. The molecule has 4 aromatic rings. The number of aromatic nitrogens is 2. The van der Waals surface area contributed by atoms with Gasteiger partial charge in [-0.15, -0.1) is 10.2 Å². The Morgan fingerprint density at radius 3 is 2.53 bits per heavy atom. The summed E-state index contributed by atoms with van der Waals surface area (Å²) in [6, 6.07) is 18.7. The van der Waals surface area contributed by atoms with E-state index in [9.17, 15) is 14.0 Å². The Morgan fingerprint density at radius 2 is 1.70 bits per heavy atom. The van der Waals surface area contributed by atoms with Crippen LogP contribution < -0.4 is 10.6 Å². The molecule has 1 aromatic heterocycles. The average molecular weight is 439 g/mol. The second-order valence-corrected chi connectivity index (χ2v) is 8.40. The van der Waals surface area contributed by atoms with Gasteiger partial charge in [0.05, 0.1) is 5.75 Å². The van der Waals surface area contributed by atoms with Crippen molar-refractivity contribution in [2.75, 3.05) is 16.4 Å². The molecule has 0 bridgehead atoms. The lowest BCUT2D eigenvalue weighted by molar-refractivity contribution is -0.113. The van der Waals surface area contributed by atoms with Crippen molar-refractivity contribution in [1.82, 2.24) is 10.2 Å². The minimum absolute atomic E-state index is 0.114. The van der Waals surface area contributed by atoms with Gasteiger partial charge >= 0.3 is 0 Å². The van der Waals surface area contributed by atoms with Gasteiger partial charge < -0.3 is 5.32 Å². The van der Waals surface area contributed by atoms with E-state index in [-0.39, 0.29) is 23.4 Å². The van der Waals surface area contributed by atoms with Crippen molar-refractivity contribution in [2.45, 2.75) is 4.34 Å². The molecule has 1 heterocycles. The fourth-order valence-corrected chi connectivity index (χ4v) is 4.31. The van der Waals surface area contributed by atoms with Gasteiger partial charge in [-0.3, -0.25) is 14.9 Å². The zero-order valence-corrected chi connectivity index (χ0v) is 17.1. The summed E-state index contributed by atoms with van der Waals surface area (Å²) in [5.74, 6) is -0.769. The van der Waals surface area contributed by atoms with Gasteiger partial charge in [0.25, 0.3) is 5.91 Å². The van der Waals surface area contributed by atoms with E-state index in [2.05, 4.69) is 20.8 Å². The predicted molar refractivity (Wildman–Crippen MR) is 118 cm³/mol. The molecular formula is C21H15FN4O2S2. The monoisotopic (exact) mass is 438 g/mol. The quantitative estimate of drug-likeness (QED) is 0.333. The summed E-state index contributed by atoms with van der Waals surface area (Å²) < 4.78 is 13.5. The molecule has 0 spiro atoms. The lowest BCUT2D eigenvalue weighted by atomic mass is 10.0. The van der Waals surface area contributed by atoms with Crippen molar-refractivity contribution < 1.29 is 14.0 Å². The summed E-state index contributed by atoms with van der Waals surface area (Å²) in [4.78, 5) is 24.7. The van der Waals surface area contributed by atoms with E-state index in [1.165, 1.54) is 47.4 Å². The highest BCUT2D eigenvalue weighted by molar-refractivity contribution is 8.01. The number of hydrogen-bond donors (Lipinski definition) is 2. The number of rotatable bonds is 6. The van der Waals surface area contributed by atoms with Crippen molar-refractivity contribution in [3.05, 3.63) is 78.1 Å². The molecule has 9 heteroatoms. The Bertz CT molecular complexity index is 1210. The molecule has 0 fully saturated rings. The first kappa shape index (κ1) is 20.0. The fourth-order valence-electron chi connectivity index (χ4n) is 2.76. The zero-order chi connectivity index (χ0) is 20.9. The van der Waals surface area contributed by atoms with Crippen LogP contribution in [0.25, 0.3) is 10.8 Å². The summed E-state index contributed by atoms with van der Waals surface area (Å²) >= 11 is 2.40. The van der Waals surface area contributed by atoms with Gasteiger partial charge in [-0.25, -0.2) is 4.39 Å². The molecule has 0 aliphatic carbocycles. The van der Waals surface area contributed by atoms with Crippen LogP contribution in [-0.2, 0) is 4.79 Å². The van der Waals surface area contributed by atoms with E-state index < -0.39 is 0 Å². The molecule has 0 unspecified atom stereocenters. The minimum atomic E-state index is -0.366. The minimum Gasteiger partial charge on any atom is -0.325 e. The first-order chi connectivity index (χ1) is 14.6. The van der Waals surface area contributed by atoms with E-state index in [1.54, 1.807) is 6.07 Å². The topological polar surface area (TPSA) is 84.0 Å². The number of fused-ring (bicyclic) bond motifs is 1. The molecule has 2 N–H and O–H groups in total. The highest BCUT2D eigenvalue weighted by Gasteiger charge is 2.14. The van der Waals surface area contributed by atoms with Crippen LogP contribution in [0.1, 0.15) is 10.4 Å². The van der Waals surface area contributed by atoms with Gasteiger partial charge in [-0.05, 0) is 41.1 Å². The van der Waals surface area contributed by atoms with Crippen LogP contribution >= 0.6 is 23.1 Å². The number of anilines is 2. The smallest absolute Gasteiger partial charge is 0.258 e. The standard InChI is InChI=1S/C21H15FN4O2S2/c22-14-8-10-15(11-9-14)23-18(27)12-29-21-26-25-20(30-21)24-19(28)17-7-3-5-13-4-1-2-6-16(13)17/h1-11H,12H2,(H,23,27)(H,24,25,28). The number of nitrogens with one attached hydrogen (secondary N) is 2. The normalized spacial score (nSPS) is 10.7. The molecule has 6 nitrogen and oxygen atoms in total. The molecule has 150 valence electrons. The van der Waals surface area contributed by atoms with Crippen LogP contribution in [0.15, 0.2) is 71.1 Å². The molecule has 0 saturated heterocycles. The Hall–Kier alpha value is -3.30. The van der Waals surface area contributed by atoms with Crippen LogP contribution in [0, 0.1) is 5.82 Å². The molecule has 0 aliphatic heterocycles. The number of thioether (sulfide) groups is 1. The van der Waals surface area contributed by atoms with Crippen molar-refractivity contribution in [3.63, 3.8) is 0 Å². The number of carbonyl (C=O) groups excluding carboxylic acids is 2. The molecule has 0 aliphatic rings. The van der Waals surface area contributed by atoms with Gasteiger partial charge in [0.15, 0.2) is 4.34 Å². The number of halogens is 1. The SMILES string of the molecule is O=C(CSc1nnc(NC(=O)c2cccc3ccccc23)s1)Nc1ccc(F)cc1. The molecule has 3 aromatic carbocycles. The lowest BCUT2D eigenvalue weighted by Crippen LogP contribution is -2.13. The Labute approximate surface area is 179 Å². The third-order valence-electron chi connectivity index (χ3n) is 4.12. The van der Waals surface area contributed by atoms with E-state index in [0.717, 1.165) is 10.8 Å². The van der Waals surface area contributed by atoms with Crippen molar-refractivity contribution in [2.24, 2.45) is 0 Å². The second kappa shape index (κ2) is 9.02. The number of nitrogens with zero attached hydrogens (tertiary/aromatic N) is 2. The Kier molecular flexibility index (Phi) is 6.01. The van der Waals surface area contributed by atoms with Crippen LogP contribution in [-0.4, -0.2) is 27.8 Å². The van der Waals surface area contributed by atoms with Crippen LogP contribution in [0.2, 0.25) is 0 Å².